The molecule has 0 aliphatic carbocycles. The maximum absolute atomic E-state index is 10.6. The Labute approximate surface area is 110 Å². The maximum atomic E-state index is 10.6. The van der Waals surface area contributed by atoms with Crippen LogP contribution >= 0.6 is 15.9 Å². The molecule has 1 aromatic rings. The Bertz CT molecular complexity index is 394. The predicted octanol–water partition coefficient (Wildman–Crippen LogP) is 4.21. The summed E-state index contributed by atoms with van der Waals surface area (Å²) in [6.07, 6.45) is 2.28. The Morgan fingerprint density at radius 2 is 2.18 bits per heavy atom. The highest BCUT2D eigenvalue weighted by molar-refractivity contribution is 9.10. The van der Waals surface area contributed by atoms with Crippen molar-refractivity contribution in [1.82, 2.24) is 0 Å². The second-order valence-electron chi connectivity index (χ2n) is 4.38. The lowest BCUT2D eigenvalue weighted by Crippen LogP contribution is -2.03. The molecule has 0 aliphatic rings. The van der Waals surface area contributed by atoms with Gasteiger partial charge < -0.3 is 5.32 Å². The predicted molar refractivity (Wildman–Crippen MR) is 73.4 cm³/mol. The molecule has 0 saturated carbocycles. The Hall–Kier alpha value is -1.10. The molecular formula is C12H17BrN2O2. The molecule has 1 rings (SSSR count). The summed E-state index contributed by atoms with van der Waals surface area (Å²) < 4.78 is 0.733. The van der Waals surface area contributed by atoms with E-state index in [0.717, 1.165) is 23.1 Å². The van der Waals surface area contributed by atoms with Gasteiger partial charge in [0.25, 0.3) is 5.69 Å². The van der Waals surface area contributed by atoms with Crippen LogP contribution in [-0.2, 0) is 0 Å². The lowest BCUT2D eigenvalue weighted by molar-refractivity contribution is -0.384. The minimum Gasteiger partial charge on any atom is -0.384 e. The number of nitro groups is 1. The van der Waals surface area contributed by atoms with Crippen molar-refractivity contribution in [3.05, 3.63) is 32.8 Å². The second kappa shape index (κ2) is 6.59. The molecule has 0 radical (unpaired) electrons. The van der Waals surface area contributed by atoms with Crippen LogP contribution in [-0.4, -0.2) is 11.5 Å². The molecule has 0 atom stereocenters. The Morgan fingerprint density at radius 3 is 2.71 bits per heavy atom. The Morgan fingerprint density at radius 1 is 1.47 bits per heavy atom. The molecule has 0 saturated heterocycles. The first-order valence-corrected chi connectivity index (χ1v) is 6.48. The van der Waals surface area contributed by atoms with Crippen molar-refractivity contribution in [1.29, 1.82) is 0 Å². The van der Waals surface area contributed by atoms with Gasteiger partial charge in [-0.15, -0.1) is 0 Å². The molecule has 0 heterocycles. The number of hydrogen-bond acceptors (Lipinski definition) is 3. The van der Waals surface area contributed by atoms with Crippen molar-refractivity contribution < 1.29 is 4.92 Å². The fourth-order valence-electron chi connectivity index (χ4n) is 1.49. The summed E-state index contributed by atoms with van der Waals surface area (Å²) in [5.41, 5.74) is 1.00. The molecule has 0 bridgehead atoms. The van der Waals surface area contributed by atoms with Crippen molar-refractivity contribution in [2.24, 2.45) is 5.92 Å². The van der Waals surface area contributed by atoms with Crippen molar-refractivity contribution in [3.63, 3.8) is 0 Å². The van der Waals surface area contributed by atoms with E-state index in [4.69, 9.17) is 0 Å². The first-order chi connectivity index (χ1) is 8.00. The minimum absolute atomic E-state index is 0.101. The highest BCUT2D eigenvalue weighted by Crippen LogP contribution is 2.27. The van der Waals surface area contributed by atoms with Gasteiger partial charge >= 0.3 is 0 Å². The highest BCUT2D eigenvalue weighted by Gasteiger charge is 2.08. The first-order valence-electron chi connectivity index (χ1n) is 5.68. The van der Waals surface area contributed by atoms with Gasteiger partial charge in [-0.2, -0.15) is 0 Å². The van der Waals surface area contributed by atoms with Crippen LogP contribution in [0.3, 0.4) is 0 Å². The normalized spacial score (nSPS) is 10.6. The molecule has 1 N–H and O–H groups in total. The monoisotopic (exact) mass is 300 g/mol. The van der Waals surface area contributed by atoms with Crippen LogP contribution in [0.15, 0.2) is 22.7 Å². The third kappa shape index (κ3) is 4.73. The fourth-order valence-corrected chi connectivity index (χ4v) is 2.00. The van der Waals surface area contributed by atoms with Crippen LogP contribution < -0.4 is 5.32 Å². The summed E-state index contributed by atoms with van der Waals surface area (Å²) >= 11 is 3.33. The SMILES string of the molecule is CC(C)CCCNc1ccc([N+](=O)[O-])cc1Br. The van der Waals surface area contributed by atoms with Crippen LogP contribution in [0.2, 0.25) is 0 Å². The Balaban J connectivity index is 2.52. The largest absolute Gasteiger partial charge is 0.384 e. The molecule has 0 fully saturated rings. The van der Waals surface area contributed by atoms with E-state index in [1.165, 1.54) is 18.6 Å². The summed E-state index contributed by atoms with van der Waals surface area (Å²) in [5.74, 6) is 0.706. The van der Waals surface area contributed by atoms with E-state index in [1.807, 2.05) is 0 Å². The maximum Gasteiger partial charge on any atom is 0.270 e. The average Bonchev–Trinajstić information content (AvgIpc) is 2.25. The number of anilines is 1. The number of nitrogens with one attached hydrogen (secondary N) is 1. The summed E-state index contributed by atoms with van der Waals surface area (Å²) in [5, 5.41) is 13.8. The number of benzene rings is 1. The van der Waals surface area contributed by atoms with E-state index in [1.54, 1.807) is 6.07 Å². The third-order valence-corrected chi connectivity index (χ3v) is 3.09. The molecule has 17 heavy (non-hydrogen) atoms. The average molecular weight is 301 g/mol. The van der Waals surface area contributed by atoms with Crippen molar-refractivity contribution >= 4 is 27.3 Å². The van der Waals surface area contributed by atoms with Crippen LogP contribution in [0.5, 0.6) is 0 Å². The van der Waals surface area contributed by atoms with Gasteiger partial charge in [0.1, 0.15) is 0 Å². The molecule has 0 aliphatic heterocycles. The van der Waals surface area contributed by atoms with E-state index in [2.05, 4.69) is 35.1 Å². The lowest BCUT2D eigenvalue weighted by atomic mass is 10.1. The number of hydrogen-bond donors (Lipinski definition) is 1. The van der Waals surface area contributed by atoms with E-state index in [0.29, 0.717) is 5.92 Å². The van der Waals surface area contributed by atoms with Gasteiger partial charge in [0.2, 0.25) is 0 Å². The van der Waals surface area contributed by atoms with Crippen LogP contribution in [0.25, 0.3) is 0 Å². The van der Waals surface area contributed by atoms with Gasteiger partial charge in [0, 0.05) is 28.8 Å². The fraction of sp³-hybridized carbons (Fsp3) is 0.500. The van der Waals surface area contributed by atoms with Crippen molar-refractivity contribution in [2.75, 3.05) is 11.9 Å². The minimum atomic E-state index is -0.396. The topological polar surface area (TPSA) is 55.2 Å². The third-order valence-electron chi connectivity index (χ3n) is 2.44. The molecule has 1 aromatic carbocycles. The van der Waals surface area contributed by atoms with Crippen molar-refractivity contribution in [3.8, 4) is 0 Å². The molecule has 4 nitrogen and oxygen atoms in total. The quantitative estimate of drug-likeness (QED) is 0.486. The summed E-state index contributed by atoms with van der Waals surface area (Å²) in [4.78, 5) is 10.2. The number of nitrogens with zero attached hydrogens (tertiary/aromatic N) is 1. The summed E-state index contributed by atoms with van der Waals surface area (Å²) in [6.45, 7) is 5.28. The first kappa shape index (κ1) is 14.0. The standard InChI is InChI=1S/C12H17BrN2O2/c1-9(2)4-3-7-14-12-6-5-10(15(16)17)8-11(12)13/h5-6,8-9,14H,3-4,7H2,1-2H3. The van der Waals surface area contributed by atoms with Crippen LogP contribution in [0.1, 0.15) is 26.7 Å². The van der Waals surface area contributed by atoms with Crippen molar-refractivity contribution in [2.45, 2.75) is 26.7 Å². The number of rotatable bonds is 6. The van der Waals surface area contributed by atoms with Gasteiger partial charge in [-0.05, 0) is 40.8 Å². The molecular weight excluding hydrogens is 284 g/mol. The number of non-ortho nitro benzene ring substituents is 1. The summed E-state index contributed by atoms with van der Waals surface area (Å²) in [6, 6.07) is 4.76. The zero-order valence-corrected chi connectivity index (χ0v) is 11.7. The van der Waals surface area contributed by atoms with E-state index in [9.17, 15) is 10.1 Å². The van der Waals surface area contributed by atoms with E-state index < -0.39 is 4.92 Å². The zero-order chi connectivity index (χ0) is 12.8. The van der Waals surface area contributed by atoms with Crippen LogP contribution in [0, 0.1) is 16.0 Å². The molecule has 94 valence electrons. The molecule has 5 heteroatoms. The number of halogens is 1. The molecule has 0 aromatic heterocycles. The highest BCUT2D eigenvalue weighted by atomic mass is 79.9. The smallest absolute Gasteiger partial charge is 0.270 e. The lowest BCUT2D eigenvalue weighted by Gasteiger charge is -2.09. The molecule has 0 spiro atoms. The van der Waals surface area contributed by atoms with Gasteiger partial charge in [-0.3, -0.25) is 10.1 Å². The summed E-state index contributed by atoms with van der Waals surface area (Å²) in [7, 11) is 0. The molecule has 0 amide bonds. The second-order valence-corrected chi connectivity index (χ2v) is 5.24. The van der Waals surface area contributed by atoms with E-state index in [-0.39, 0.29) is 5.69 Å². The van der Waals surface area contributed by atoms with Gasteiger partial charge in [-0.25, -0.2) is 0 Å². The van der Waals surface area contributed by atoms with Gasteiger partial charge in [0.15, 0.2) is 0 Å². The van der Waals surface area contributed by atoms with Gasteiger partial charge in [0.05, 0.1) is 4.92 Å². The zero-order valence-electron chi connectivity index (χ0n) is 10.1. The molecule has 0 unspecified atom stereocenters. The Kier molecular flexibility index (Phi) is 5.41. The van der Waals surface area contributed by atoms with Crippen LogP contribution in [0.4, 0.5) is 11.4 Å². The van der Waals surface area contributed by atoms with E-state index >= 15 is 0 Å². The van der Waals surface area contributed by atoms with Gasteiger partial charge in [-0.1, -0.05) is 13.8 Å². The number of nitro benzene ring substituents is 1.